The Hall–Kier alpha value is -4.21. The van der Waals surface area contributed by atoms with Crippen molar-refractivity contribution < 1.29 is 40.3 Å². The predicted octanol–water partition coefficient (Wildman–Crippen LogP) is 5.57. The summed E-state index contributed by atoms with van der Waals surface area (Å²) < 4.78 is 85.1. The molecule has 0 saturated carbocycles. The molecule has 208 valence electrons. The second-order valence-electron chi connectivity index (χ2n) is 8.92. The van der Waals surface area contributed by atoms with Crippen molar-refractivity contribution in [2.24, 2.45) is 0 Å². The van der Waals surface area contributed by atoms with Crippen molar-refractivity contribution in [1.29, 1.82) is 0 Å². The van der Waals surface area contributed by atoms with Crippen molar-refractivity contribution in [3.05, 3.63) is 77.7 Å². The fourth-order valence-corrected chi connectivity index (χ4v) is 5.57. The number of carbonyl (C=O) groups excluding carboxylic acids is 1. The summed E-state index contributed by atoms with van der Waals surface area (Å²) in [5, 5.41) is 9.87. The van der Waals surface area contributed by atoms with Crippen molar-refractivity contribution in [2.75, 3.05) is 6.54 Å². The zero-order valence-corrected chi connectivity index (χ0v) is 21.8. The van der Waals surface area contributed by atoms with Gasteiger partial charge in [0.05, 0.1) is 23.8 Å². The topological polar surface area (TPSA) is 101 Å². The molecule has 0 saturated heterocycles. The number of terminal acetylenes is 1. The number of alkyl halides is 3. The molecule has 0 unspecified atom stereocenters. The Balaban J connectivity index is 1.51. The number of benzene rings is 2. The molecule has 7 nitrogen and oxygen atoms in total. The molecular formula is C28H22F4N2O5S. The molecule has 0 bridgehead atoms. The molecule has 0 spiro atoms. The summed E-state index contributed by atoms with van der Waals surface area (Å²) in [6.45, 7) is 0.963. The highest BCUT2D eigenvalue weighted by Gasteiger charge is 2.35. The number of aromatic nitrogens is 1. The number of furan rings is 1. The number of halogens is 4. The number of nitrogens with zero attached hydrogens (tertiary/aromatic N) is 2. The number of sulfonamides is 1. The van der Waals surface area contributed by atoms with Crippen LogP contribution in [0.25, 0.3) is 22.2 Å². The number of hydrogen-bond acceptors (Lipinski definition) is 6. The lowest BCUT2D eigenvalue weighted by molar-refractivity contribution is -0.137. The average molecular weight is 575 g/mol. The van der Waals surface area contributed by atoms with Gasteiger partial charge in [-0.1, -0.05) is 5.92 Å². The van der Waals surface area contributed by atoms with Gasteiger partial charge in [0.1, 0.15) is 17.1 Å². The quantitative estimate of drug-likeness (QED) is 0.207. The first-order valence-electron chi connectivity index (χ1n) is 11.8. The number of hydrogen-bond donors (Lipinski definition) is 1. The zero-order valence-electron chi connectivity index (χ0n) is 20.9. The van der Waals surface area contributed by atoms with E-state index in [4.69, 9.17) is 10.8 Å². The van der Waals surface area contributed by atoms with Crippen molar-refractivity contribution in [3.8, 4) is 29.4 Å². The standard InChI is InChI=1S/C28H22F4N2O5S/c1-3-12-34(40(37,38)27-15-19-14-21(29)6-9-26(19)39-27)17(2)24(35)8-4-18-10-11-33-23(13-18)22-7-5-20(16-25(22)36)28(30,31)32/h1,5-7,9-11,13-17,36H,4,8,12H2,2H3/t17-/m0/s1. The molecule has 12 heteroatoms. The lowest BCUT2D eigenvalue weighted by Crippen LogP contribution is -2.43. The molecular weight excluding hydrogens is 552 g/mol. The van der Waals surface area contributed by atoms with Gasteiger partial charge < -0.3 is 9.52 Å². The first kappa shape index (κ1) is 28.8. The zero-order chi connectivity index (χ0) is 29.2. The number of phenolic OH excluding ortho intramolecular Hbond substituents is 1. The Morgan fingerprint density at radius 2 is 1.90 bits per heavy atom. The third-order valence-electron chi connectivity index (χ3n) is 6.25. The van der Waals surface area contributed by atoms with Gasteiger partial charge in [-0.15, -0.1) is 6.42 Å². The molecule has 40 heavy (non-hydrogen) atoms. The van der Waals surface area contributed by atoms with E-state index in [1.165, 1.54) is 25.3 Å². The van der Waals surface area contributed by atoms with Gasteiger partial charge >= 0.3 is 6.18 Å². The van der Waals surface area contributed by atoms with Gasteiger partial charge in [0.25, 0.3) is 10.0 Å². The second kappa shape index (κ2) is 11.1. The predicted molar refractivity (Wildman–Crippen MR) is 138 cm³/mol. The third kappa shape index (κ3) is 6.00. The number of ketones is 1. The van der Waals surface area contributed by atoms with Crippen LogP contribution in [0.1, 0.15) is 24.5 Å². The van der Waals surface area contributed by atoms with Crippen LogP contribution in [0.3, 0.4) is 0 Å². The van der Waals surface area contributed by atoms with Crippen LogP contribution in [0.5, 0.6) is 5.75 Å². The molecule has 0 aliphatic heterocycles. The summed E-state index contributed by atoms with van der Waals surface area (Å²) >= 11 is 0. The van der Waals surface area contributed by atoms with Crippen molar-refractivity contribution in [2.45, 2.75) is 37.1 Å². The highest BCUT2D eigenvalue weighted by atomic mass is 32.2. The van der Waals surface area contributed by atoms with E-state index in [1.807, 2.05) is 0 Å². The minimum absolute atomic E-state index is 0.0755. The van der Waals surface area contributed by atoms with Crippen LogP contribution in [-0.2, 0) is 27.4 Å². The molecule has 4 aromatic rings. The Kier molecular flexibility index (Phi) is 8.00. The summed E-state index contributed by atoms with van der Waals surface area (Å²) in [5.41, 5.74) is -0.0119. The SMILES string of the molecule is C#CCN([C@@H](C)C(=O)CCc1ccnc(-c2ccc(C(F)(F)F)cc2O)c1)S(=O)(=O)c1cc2cc(F)ccc2o1. The number of Topliss-reactive ketones (excluding diaryl/α,β-unsaturated/α-hetero) is 1. The molecule has 2 heterocycles. The van der Waals surface area contributed by atoms with Gasteiger partial charge in [0.15, 0.2) is 5.78 Å². The molecule has 1 N–H and O–H groups in total. The van der Waals surface area contributed by atoms with Crippen LogP contribution in [0.15, 0.2) is 70.3 Å². The number of phenols is 1. The fourth-order valence-electron chi connectivity index (χ4n) is 4.09. The lowest BCUT2D eigenvalue weighted by Gasteiger charge is -2.24. The highest BCUT2D eigenvalue weighted by Crippen LogP contribution is 2.36. The van der Waals surface area contributed by atoms with Crippen LogP contribution in [0, 0.1) is 18.2 Å². The maximum atomic E-state index is 13.6. The fraction of sp³-hybridized carbons (Fsp3) is 0.214. The molecule has 2 aromatic carbocycles. The van der Waals surface area contributed by atoms with Crippen LogP contribution >= 0.6 is 0 Å². The molecule has 0 amide bonds. The smallest absolute Gasteiger partial charge is 0.416 e. The minimum Gasteiger partial charge on any atom is -0.507 e. The van der Waals surface area contributed by atoms with Crippen molar-refractivity contribution in [3.63, 3.8) is 0 Å². The van der Waals surface area contributed by atoms with Crippen molar-refractivity contribution >= 4 is 26.8 Å². The first-order valence-corrected chi connectivity index (χ1v) is 13.3. The van der Waals surface area contributed by atoms with E-state index in [-0.39, 0.29) is 35.1 Å². The highest BCUT2D eigenvalue weighted by molar-refractivity contribution is 7.89. The summed E-state index contributed by atoms with van der Waals surface area (Å²) in [7, 11) is -4.36. The molecule has 0 aliphatic carbocycles. The molecule has 0 aliphatic rings. The van der Waals surface area contributed by atoms with E-state index in [1.54, 1.807) is 6.07 Å². The number of carbonyl (C=O) groups is 1. The normalized spacial score (nSPS) is 12.9. The largest absolute Gasteiger partial charge is 0.507 e. The summed E-state index contributed by atoms with van der Waals surface area (Å²) in [6, 6.07) is 9.15. The molecule has 0 fully saturated rings. The summed E-state index contributed by atoms with van der Waals surface area (Å²) in [6.07, 6.45) is 2.19. The Morgan fingerprint density at radius 1 is 1.15 bits per heavy atom. The molecule has 1 atom stereocenters. The van der Waals surface area contributed by atoms with Crippen LogP contribution in [0.4, 0.5) is 17.6 Å². The number of aromatic hydroxyl groups is 1. The molecule has 2 aromatic heterocycles. The van der Waals surface area contributed by atoms with E-state index >= 15 is 0 Å². The van der Waals surface area contributed by atoms with E-state index in [0.29, 0.717) is 11.6 Å². The van der Waals surface area contributed by atoms with Gasteiger partial charge in [-0.25, -0.2) is 12.8 Å². The Bertz CT molecular complexity index is 1720. The summed E-state index contributed by atoms with van der Waals surface area (Å²) in [4.78, 5) is 17.1. The first-order chi connectivity index (χ1) is 18.8. The number of rotatable bonds is 9. The van der Waals surface area contributed by atoms with Crippen LogP contribution in [0.2, 0.25) is 0 Å². The van der Waals surface area contributed by atoms with Gasteiger partial charge in [0.2, 0.25) is 5.09 Å². The second-order valence-corrected chi connectivity index (χ2v) is 10.7. The molecule has 0 radical (unpaired) electrons. The Morgan fingerprint density at radius 3 is 2.58 bits per heavy atom. The number of fused-ring (bicyclic) bond motifs is 1. The van der Waals surface area contributed by atoms with Crippen molar-refractivity contribution in [1.82, 2.24) is 9.29 Å². The number of aryl methyl sites for hydroxylation is 1. The van der Waals surface area contributed by atoms with Gasteiger partial charge in [0, 0.05) is 29.6 Å². The van der Waals surface area contributed by atoms with E-state index < -0.39 is 56.8 Å². The van der Waals surface area contributed by atoms with Crippen LogP contribution in [-0.4, -0.2) is 41.2 Å². The summed E-state index contributed by atoms with van der Waals surface area (Å²) in [5.74, 6) is 0.590. The van der Waals surface area contributed by atoms with Gasteiger partial charge in [-0.3, -0.25) is 9.78 Å². The Labute approximate surface area is 227 Å². The average Bonchev–Trinajstić information content (AvgIpc) is 3.33. The van der Waals surface area contributed by atoms with Gasteiger partial charge in [-0.2, -0.15) is 17.5 Å². The number of pyridine rings is 1. The lowest BCUT2D eigenvalue weighted by atomic mass is 10.0. The van der Waals surface area contributed by atoms with Crippen LogP contribution < -0.4 is 0 Å². The van der Waals surface area contributed by atoms with Gasteiger partial charge in [-0.05, 0) is 67.4 Å². The maximum Gasteiger partial charge on any atom is 0.416 e. The third-order valence-corrected chi connectivity index (χ3v) is 8.02. The van der Waals surface area contributed by atoms with E-state index in [2.05, 4.69) is 10.9 Å². The van der Waals surface area contributed by atoms with E-state index in [9.17, 15) is 35.9 Å². The maximum absolute atomic E-state index is 13.6. The molecule has 4 rings (SSSR count). The minimum atomic E-state index is -4.62. The van der Waals surface area contributed by atoms with E-state index in [0.717, 1.165) is 34.6 Å². The monoisotopic (exact) mass is 574 g/mol.